The van der Waals surface area contributed by atoms with E-state index in [0.717, 1.165) is 13.0 Å². The Morgan fingerprint density at radius 1 is 1.29 bits per heavy atom. The molecule has 0 saturated heterocycles. The maximum absolute atomic E-state index is 5.70. The van der Waals surface area contributed by atoms with Gasteiger partial charge in [-0.1, -0.05) is 30.3 Å². The lowest BCUT2D eigenvalue weighted by Crippen LogP contribution is -2.32. The lowest BCUT2D eigenvalue weighted by molar-refractivity contribution is 0.271. The molecule has 0 spiro atoms. The van der Waals surface area contributed by atoms with Crippen LogP contribution in [0.1, 0.15) is 12.5 Å². The molecule has 1 nitrogen and oxygen atoms in total. The normalized spacial score (nSPS) is 13.1. The molecule has 1 unspecified atom stereocenters. The van der Waals surface area contributed by atoms with Crippen LogP contribution in [0.2, 0.25) is 0 Å². The molecule has 1 rings (SSSR count). The Balaban J connectivity index is 2.44. The van der Waals surface area contributed by atoms with Crippen LogP contribution >= 0.6 is 11.6 Å². The molecule has 1 atom stereocenters. The molecule has 0 radical (unpaired) electrons. The van der Waals surface area contributed by atoms with Crippen molar-refractivity contribution in [3.05, 3.63) is 35.9 Å². The number of halogens is 1. The van der Waals surface area contributed by atoms with Gasteiger partial charge in [0.1, 0.15) is 0 Å². The highest BCUT2D eigenvalue weighted by Gasteiger charge is 2.08. The summed E-state index contributed by atoms with van der Waals surface area (Å²) >= 11 is 5.70. The molecular formula is C12H18ClN. The third kappa shape index (κ3) is 3.69. The second-order valence-corrected chi connectivity index (χ2v) is 4.09. The summed E-state index contributed by atoms with van der Waals surface area (Å²) in [6.45, 7) is 3.19. The van der Waals surface area contributed by atoms with E-state index >= 15 is 0 Å². The van der Waals surface area contributed by atoms with Gasteiger partial charge in [-0.2, -0.15) is 0 Å². The minimum absolute atomic E-state index is 0.552. The van der Waals surface area contributed by atoms with Crippen molar-refractivity contribution in [1.29, 1.82) is 0 Å². The van der Waals surface area contributed by atoms with Crippen molar-refractivity contribution in [2.75, 3.05) is 19.5 Å². The van der Waals surface area contributed by atoms with Gasteiger partial charge in [0, 0.05) is 18.5 Å². The highest BCUT2D eigenvalue weighted by Crippen LogP contribution is 2.06. The summed E-state index contributed by atoms with van der Waals surface area (Å²) in [5.41, 5.74) is 1.39. The molecule has 0 aliphatic carbocycles. The fraction of sp³-hybridized carbons (Fsp3) is 0.500. The van der Waals surface area contributed by atoms with Gasteiger partial charge < -0.3 is 4.90 Å². The van der Waals surface area contributed by atoms with E-state index in [4.69, 9.17) is 11.6 Å². The third-order valence-electron chi connectivity index (χ3n) is 2.56. The summed E-state index contributed by atoms with van der Waals surface area (Å²) in [6.07, 6.45) is 1.09. The number of rotatable bonds is 5. The molecule has 0 fully saturated rings. The molecule has 78 valence electrons. The van der Waals surface area contributed by atoms with E-state index in [1.807, 2.05) is 0 Å². The second-order valence-electron chi connectivity index (χ2n) is 3.71. The first-order valence-electron chi connectivity index (χ1n) is 5.04. The molecule has 0 saturated carbocycles. The van der Waals surface area contributed by atoms with Crippen molar-refractivity contribution in [3.8, 4) is 0 Å². The Morgan fingerprint density at radius 2 is 1.93 bits per heavy atom. The van der Waals surface area contributed by atoms with Crippen LogP contribution in [0.5, 0.6) is 0 Å². The van der Waals surface area contributed by atoms with Crippen LogP contribution in [0.15, 0.2) is 30.3 Å². The number of nitrogens with zero attached hydrogens (tertiary/aromatic N) is 1. The number of hydrogen-bond acceptors (Lipinski definition) is 1. The Labute approximate surface area is 91.7 Å². The van der Waals surface area contributed by atoms with Crippen LogP contribution in [0, 0.1) is 0 Å². The van der Waals surface area contributed by atoms with Crippen molar-refractivity contribution in [3.63, 3.8) is 0 Å². The minimum atomic E-state index is 0.552. The van der Waals surface area contributed by atoms with Crippen molar-refractivity contribution >= 4 is 11.6 Å². The van der Waals surface area contributed by atoms with Gasteiger partial charge in [-0.25, -0.2) is 0 Å². The highest BCUT2D eigenvalue weighted by atomic mass is 35.5. The van der Waals surface area contributed by atoms with E-state index in [-0.39, 0.29) is 0 Å². The molecule has 14 heavy (non-hydrogen) atoms. The highest BCUT2D eigenvalue weighted by molar-refractivity contribution is 6.18. The van der Waals surface area contributed by atoms with Crippen LogP contribution in [-0.2, 0) is 6.42 Å². The molecular weight excluding hydrogens is 194 g/mol. The van der Waals surface area contributed by atoms with Gasteiger partial charge in [-0.3, -0.25) is 0 Å². The maximum atomic E-state index is 5.70. The number of alkyl halides is 1. The summed E-state index contributed by atoms with van der Waals surface area (Å²) in [5.74, 6) is 0.704. The lowest BCUT2D eigenvalue weighted by atomic mass is 10.1. The summed E-state index contributed by atoms with van der Waals surface area (Å²) in [6, 6.07) is 11.1. The van der Waals surface area contributed by atoms with Crippen LogP contribution in [0.25, 0.3) is 0 Å². The largest absolute Gasteiger partial charge is 0.302 e. The second kappa shape index (κ2) is 6.05. The predicted octanol–water partition coefficient (Wildman–Crippen LogP) is 2.79. The molecule has 0 amide bonds. The molecule has 0 aliphatic heterocycles. The fourth-order valence-electron chi connectivity index (χ4n) is 1.46. The van der Waals surface area contributed by atoms with Crippen molar-refractivity contribution < 1.29 is 0 Å². The van der Waals surface area contributed by atoms with Gasteiger partial charge in [0.05, 0.1) is 0 Å². The SMILES string of the molecule is CC(Cc1ccccc1)N(C)CCCl. The lowest BCUT2D eigenvalue weighted by Gasteiger charge is -2.23. The monoisotopic (exact) mass is 211 g/mol. The maximum Gasteiger partial charge on any atom is 0.0351 e. The Kier molecular flexibility index (Phi) is 4.99. The van der Waals surface area contributed by atoms with Gasteiger partial charge in [0.15, 0.2) is 0 Å². The molecule has 1 aromatic rings. The van der Waals surface area contributed by atoms with E-state index in [0.29, 0.717) is 11.9 Å². The zero-order valence-electron chi connectivity index (χ0n) is 8.91. The van der Waals surface area contributed by atoms with E-state index < -0.39 is 0 Å². The summed E-state index contributed by atoms with van der Waals surface area (Å²) in [7, 11) is 2.12. The van der Waals surface area contributed by atoms with E-state index in [1.165, 1.54) is 5.56 Å². The van der Waals surface area contributed by atoms with Crippen LogP contribution in [0.4, 0.5) is 0 Å². The zero-order chi connectivity index (χ0) is 10.4. The van der Waals surface area contributed by atoms with Gasteiger partial charge in [-0.05, 0) is 26.0 Å². The average molecular weight is 212 g/mol. The standard InChI is InChI=1S/C12H18ClN/c1-11(14(2)9-8-13)10-12-6-4-3-5-7-12/h3-7,11H,8-10H2,1-2H3. The number of likely N-dealkylation sites (N-methyl/N-ethyl adjacent to an activating group) is 1. The van der Waals surface area contributed by atoms with Crippen molar-refractivity contribution in [2.24, 2.45) is 0 Å². The third-order valence-corrected chi connectivity index (χ3v) is 2.73. The topological polar surface area (TPSA) is 3.24 Å². The molecule has 0 aromatic heterocycles. The fourth-order valence-corrected chi connectivity index (χ4v) is 1.73. The van der Waals surface area contributed by atoms with Crippen LogP contribution in [0.3, 0.4) is 0 Å². The van der Waals surface area contributed by atoms with Gasteiger partial charge in [0.2, 0.25) is 0 Å². The van der Waals surface area contributed by atoms with Crippen molar-refractivity contribution in [2.45, 2.75) is 19.4 Å². The van der Waals surface area contributed by atoms with Crippen LogP contribution in [-0.4, -0.2) is 30.4 Å². The van der Waals surface area contributed by atoms with E-state index in [1.54, 1.807) is 0 Å². The molecule has 0 bridgehead atoms. The Hall–Kier alpha value is -0.530. The first kappa shape index (κ1) is 11.5. The average Bonchev–Trinajstić information content (AvgIpc) is 2.19. The smallest absolute Gasteiger partial charge is 0.0351 e. The van der Waals surface area contributed by atoms with E-state index in [9.17, 15) is 0 Å². The summed E-state index contributed by atoms with van der Waals surface area (Å²) in [5, 5.41) is 0. The molecule has 1 aromatic carbocycles. The van der Waals surface area contributed by atoms with Gasteiger partial charge >= 0.3 is 0 Å². The van der Waals surface area contributed by atoms with Gasteiger partial charge in [-0.15, -0.1) is 11.6 Å². The quantitative estimate of drug-likeness (QED) is 0.678. The molecule has 2 heteroatoms. The summed E-state index contributed by atoms with van der Waals surface area (Å²) in [4.78, 5) is 2.29. The number of benzene rings is 1. The van der Waals surface area contributed by atoms with Gasteiger partial charge in [0.25, 0.3) is 0 Å². The molecule has 0 aliphatic rings. The Morgan fingerprint density at radius 3 is 2.50 bits per heavy atom. The van der Waals surface area contributed by atoms with Crippen molar-refractivity contribution in [1.82, 2.24) is 4.90 Å². The minimum Gasteiger partial charge on any atom is -0.302 e. The first-order valence-corrected chi connectivity index (χ1v) is 5.57. The Bertz CT molecular complexity index is 248. The first-order chi connectivity index (χ1) is 6.74. The molecule has 0 heterocycles. The van der Waals surface area contributed by atoms with Crippen LogP contribution < -0.4 is 0 Å². The zero-order valence-corrected chi connectivity index (χ0v) is 9.67. The summed E-state index contributed by atoms with van der Waals surface area (Å²) < 4.78 is 0. The van der Waals surface area contributed by atoms with E-state index in [2.05, 4.69) is 49.2 Å². The predicted molar refractivity (Wildman–Crippen MR) is 63.0 cm³/mol. The molecule has 0 N–H and O–H groups in total. The number of hydrogen-bond donors (Lipinski definition) is 0.